The molecule has 0 radical (unpaired) electrons. The van der Waals surface area contributed by atoms with Crippen LogP contribution in [0.15, 0.2) is 48.5 Å². The van der Waals surface area contributed by atoms with E-state index in [0.717, 1.165) is 61.6 Å². The SMILES string of the molecule is O=C(C1CC(=O)N(c2ccc(N3CCCC3)cc2)C1)N1CCC(c2nc3ccccc3[nH]2)CC1. The van der Waals surface area contributed by atoms with Crippen LogP contribution in [0.1, 0.15) is 43.8 Å². The molecule has 0 aliphatic carbocycles. The fraction of sp³-hybridized carbons (Fsp3) is 0.444. The van der Waals surface area contributed by atoms with Crippen LogP contribution in [0.25, 0.3) is 11.0 Å². The van der Waals surface area contributed by atoms with Crippen LogP contribution >= 0.6 is 0 Å². The second kappa shape index (κ2) is 8.78. The van der Waals surface area contributed by atoms with Gasteiger partial charge >= 0.3 is 0 Å². The molecule has 2 amide bonds. The van der Waals surface area contributed by atoms with E-state index in [1.165, 1.54) is 18.5 Å². The zero-order valence-electron chi connectivity index (χ0n) is 19.4. The standard InChI is InChI=1S/C27H31N5O2/c33-25-17-20(18-32(25)22-9-7-21(8-10-22)30-13-3-4-14-30)27(34)31-15-11-19(12-16-31)26-28-23-5-1-2-6-24(23)29-26/h1-2,5-10,19-20H,3-4,11-18H2,(H,28,29). The van der Waals surface area contributed by atoms with E-state index in [1.54, 1.807) is 4.90 Å². The molecule has 6 rings (SSSR count). The highest BCUT2D eigenvalue weighted by Crippen LogP contribution is 2.32. The first-order chi connectivity index (χ1) is 16.7. The first-order valence-electron chi connectivity index (χ1n) is 12.5. The number of nitrogens with zero attached hydrogens (tertiary/aromatic N) is 4. The number of piperidine rings is 1. The van der Waals surface area contributed by atoms with Crippen molar-refractivity contribution >= 4 is 34.2 Å². The van der Waals surface area contributed by atoms with Gasteiger partial charge in [0.1, 0.15) is 5.82 Å². The molecular formula is C27H31N5O2. The molecule has 3 fully saturated rings. The summed E-state index contributed by atoms with van der Waals surface area (Å²) in [6.07, 6.45) is 4.58. The number of benzene rings is 2. The quantitative estimate of drug-likeness (QED) is 0.645. The number of hydrogen-bond acceptors (Lipinski definition) is 4. The first kappa shape index (κ1) is 21.2. The van der Waals surface area contributed by atoms with Crippen LogP contribution in [0.5, 0.6) is 0 Å². The lowest BCUT2D eigenvalue weighted by molar-refractivity contribution is -0.136. The van der Waals surface area contributed by atoms with E-state index in [-0.39, 0.29) is 17.7 Å². The number of nitrogens with one attached hydrogen (secondary N) is 1. The number of fused-ring (bicyclic) bond motifs is 1. The van der Waals surface area contributed by atoms with Gasteiger partial charge < -0.3 is 19.7 Å². The number of anilines is 2. The van der Waals surface area contributed by atoms with Gasteiger partial charge in [-0.15, -0.1) is 0 Å². The number of aromatic amines is 1. The highest BCUT2D eigenvalue weighted by molar-refractivity contribution is 6.00. The van der Waals surface area contributed by atoms with E-state index >= 15 is 0 Å². The van der Waals surface area contributed by atoms with Crippen molar-refractivity contribution in [1.29, 1.82) is 0 Å². The maximum atomic E-state index is 13.3. The van der Waals surface area contributed by atoms with Crippen LogP contribution < -0.4 is 9.80 Å². The minimum Gasteiger partial charge on any atom is -0.372 e. The van der Waals surface area contributed by atoms with E-state index in [2.05, 4.69) is 22.0 Å². The Balaban J connectivity index is 1.07. The van der Waals surface area contributed by atoms with Gasteiger partial charge in [0.25, 0.3) is 0 Å². The average molecular weight is 458 g/mol. The summed E-state index contributed by atoms with van der Waals surface area (Å²) < 4.78 is 0. The number of carbonyl (C=O) groups excluding carboxylic acids is 2. The lowest BCUT2D eigenvalue weighted by Crippen LogP contribution is -2.42. The van der Waals surface area contributed by atoms with Crippen molar-refractivity contribution in [2.45, 2.75) is 38.0 Å². The molecule has 0 bridgehead atoms. The maximum absolute atomic E-state index is 13.3. The number of amides is 2. The smallest absolute Gasteiger partial charge is 0.228 e. The molecule has 7 nitrogen and oxygen atoms in total. The van der Waals surface area contributed by atoms with Crippen molar-refractivity contribution in [2.75, 3.05) is 42.5 Å². The molecule has 176 valence electrons. The molecule has 3 aromatic rings. The van der Waals surface area contributed by atoms with Crippen molar-refractivity contribution < 1.29 is 9.59 Å². The summed E-state index contributed by atoms with van der Waals surface area (Å²) in [5, 5.41) is 0. The molecule has 4 heterocycles. The normalized spacial score (nSPS) is 21.7. The van der Waals surface area contributed by atoms with Crippen molar-refractivity contribution in [1.82, 2.24) is 14.9 Å². The number of imidazole rings is 1. The van der Waals surface area contributed by atoms with Crippen molar-refractivity contribution in [3.05, 3.63) is 54.4 Å². The summed E-state index contributed by atoms with van der Waals surface area (Å²) in [4.78, 5) is 40.4. The molecular weight excluding hydrogens is 426 g/mol. The fourth-order valence-corrected chi connectivity index (χ4v) is 5.74. The van der Waals surface area contributed by atoms with Crippen molar-refractivity contribution in [3.8, 4) is 0 Å². The molecule has 0 spiro atoms. The molecule has 3 saturated heterocycles. The summed E-state index contributed by atoms with van der Waals surface area (Å²) in [5.74, 6) is 1.27. The van der Waals surface area contributed by atoms with E-state index in [9.17, 15) is 9.59 Å². The third kappa shape index (κ3) is 3.93. The number of likely N-dealkylation sites (tertiary alicyclic amines) is 1. The lowest BCUT2D eigenvalue weighted by atomic mass is 9.95. The number of H-pyrrole nitrogens is 1. The Morgan fingerprint density at radius 1 is 0.912 bits per heavy atom. The summed E-state index contributed by atoms with van der Waals surface area (Å²) in [5.41, 5.74) is 4.17. The van der Waals surface area contributed by atoms with Crippen LogP contribution in [0.2, 0.25) is 0 Å². The van der Waals surface area contributed by atoms with Gasteiger partial charge in [0, 0.05) is 56.4 Å². The minimum atomic E-state index is -0.256. The largest absolute Gasteiger partial charge is 0.372 e. The van der Waals surface area contributed by atoms with Gasteiger partial charge in [-0.05, 0) is 62.1 Å². The summed E-state index contributed by atoms with van der Waals surface area (Å²) >= 11 is 0. The molecule has 1 N–H and O–H groups in total. The van der Waals surface area contributed by atoms with Gasteiger partial charge in [-0.1, -0.05) is 12.1 Å². The van der Waals surface area contributed by atoms with Crippen LogP contribution in [-0.2, 0) is 9.59 Å². The highest BCUT2D eigenvalue weighted by Gasteiger charge is 2.38. The molecule has 1 unspecified atom stereocenters. The monoisotopic (exact) mass is 457 g/mol. The molecule has 2 aromatic carbocycles. The first-order valence-corrected chi connectivity index (χ1v) is 12.5. The van der Waals surface area contributed by atoms with E-state index in [0.29, 0.717) is 18.9 Å². The average Bonchev–Trinajstić information content (AvgIpc) is 3.63. The van der Waals surface area contributed by atoms with Crippen molar-refractivity contribution in [2.24, 2.45) is 5.92 Å². The molecule has 3 aliphatic heterocycles. The Bertz CT molecular complexity index is 1160. The van der Waals surface area contributed by atoms with Gasteiger partial charge in [-0.2, -0.15) is 0 Å². The third-order valence-electron chi connectivity index (χ3n) is 7.71. The van der Waals surface area contributed by atoms with Crippen LogP contribution in [0.4, 0.5) is 11.4 Å². The van der Waals surface area contributed by atoms with E-state index in [1.807, 2.05) is 41.3 Å². The number of rotatable bonds is 4. The van der Waals surface area contributed by atoms with E-state index in [4.69, 9.17) is 4.98 Å². The third-order valence-corrected chi connectivity index (χ3v) is 7.71. The highest BCUT2D eigenvalue weighted by atomic mass is 16.2. The maximum Gasteiger partial charge on any atom is 0.228 e. The van der Waals surface area contributed by atoms with Gasteiger partial charge in [0.2, 0.25) is 11.8 Å². The molecule has 7 heteroatoms. The zero-order valence-corrected chi connectivity index (χ0v) is 19.4. The fourth-order valence-electron chi connectivity index (χ4n) is 5.74. The summed E-state index contributed by atoms with van der Waals surface area (Å²) in [6.45, 7) is 4.12. The van der Waals surface area contributed by atoms with Gasteiger partial charge in [-0.25, -0.2) is 4.98 Å². The predicted octanol–water partition coefficient (Wildman–Crippen LogP) is 3.92. The lowest BCUT2D eigenvalue weighted by Gasteiger charge is -2.32. The second-order valence-electron chi connectivity index (χ2n) is 9.85. The predicted molar refractivity (Wildman–Crippen MR) is 133 cm³/mol. The molecule has 0 saturated carbocycles. The number of hydrogen-bond donors (Lipinski definition) is 1. The Hall–Kier alpha value is -3.35. The molecule has 3 aliphatic rings. The summed E-state index contributed by atoms with van der Waals surface area (Å²) in [7, 11) is 0. The zero-order chi connectivity index (χ0) is 23.1. The Labute approximate surface area is 199 Å². The topological polar surface area (TPSA) is 72.5 Å². The van der Waals surface area contributed by atoms with Crippen LogP contribution in [0.3, 0.4) is 0 Å². The van der Waals surface area contributed by atoms with Gasteiger partial charge in [0.15, 0.2) is 0 Å². The summed E-state index contributed by atoms with van der Waals surface area (Å²) in [6, 6.07) is 16.3. The number of para-hydroxylation sites is 2. The molecule has 1 atom stereocenters. The Kier molecular flexibility index (Phi) is 5.47. The van der Waals surface area contributed by atoms with Gasteiger partial charge in [0.05, 0.1) is 17.0 Å². The molecule has 34 heavy (non-hydrogen) atoms. The van der Waals surface area contributed by atoms with Crippen molar-refractivity contribution in [3.63, 3.8) is 0 Å². The van der Waals surface area contributed by atoms with Crippen LogP contribution in [-0.4, -0.2) is 59.4 Å². The van der Waals surface area contributed by atoms with Crippen LogP contribution in [0, 0.1) is 5.92 Å². The number of carbonyl (C=O) groups is 2. The Morgan fingerprint density at radius 2 is 1.62 bits per heavy atom. The van der Waals surface area contributed by atoms with E-state index < -0.39 is 0 Å². The second-order valence-corrected chi connectivity index (χ2v) is 9.85. The minimum absolute atomic E-state index is 0.0458. The Morgan fingerprint density at radius 3 is 2.35 bits per heavy atom. The molecule has 1 aromatic heterocycles. The van der Waals surface area contributed by atoms with Gasteiger partial charge in [-0.3, -0.25) is 9.59 Å². The number of aromatic nitrogens is 2.